The predicted octanol–water partition coefficient (Wildman–Crippen LogP) is 1.76. The Kier molecular flexibility index (Phi) is 5.92. The van der Waals surface area contributed by atoms with Crippen LogP contribution in [0.1, 0.15) is 27.7 Å². The first kappa shape index (κ1) is 18.0. The summed E-state index contributed by atoms with van der Waals surface area (Å²) in [4.78, 5) is 36.3. The van der Waals surface area contributed by atoms with Crippen molar-refractivity contribution in [3.05, 3.63) is 16.0 Å². The lowest BCUT2D eigenvalue weighted by atomic mass is 10.1. The smallest absolute Gasteiger partial charge is 0.341 e. The van der Waals surface area contributed by atoms with Crippen LogP contribution in [0.15, 0.2) is 0 Å². The summed E-state index contributed by atoms with van der Waals surface area (Å²) in [5.74, 6) is -3.46. The second kappa shape index (κ2) is 7.26. The summed E-state index contributed by atoms with van der Waals surface area (Å²) in [6, 6.07) is 0. The van der Waals surface area contributed by atoms with Gasteiger partial charge < -0.3 is 19.8 Å². The fourth-order valence-corrected chi connectivity index (χ4v) is 3.12. The molecule has 0 radical (unpaired) electrons. The van der Waals surface area contributed by atoms with Gasteiger partial charge in [0.05, 0.1) is 18.6 Å². The minimum absolute atomic E-state index is 0.00891. The highest BCUT2D eigenvalue weighted by Crippen LogP contribution is 2.36. The molecule has 1 atom stereocenters. The standard InChI is InChI=1S/C14H19NO6S/c1-7(13(18)19)5-15(6-10(16)17)12-11(14(20)21-4)8(2)9(3)22-12/h7H,5-6H2,1-4H3,(H,16,17)(H,18,19). The number of carboxylic acid groups (broad SMARTS) is 2. The predicted molar refractivity (Wildman–Crippen MR) is 81.8 cm³/mol. The largest absolute Gasteiger partial charge is 0.481 e. The lowest BCUT2D eigenvalue weighted by Crippen LogP contribution is -2.36. The maximum Gasteiger partial charge on any atom is 0.341 e. The molecule has 0 amide bonds. The van der Waals surface area contributed by atoms with E-state index >= 15 is 0 Å². The van der Waals surface area contributed by atoms with Gasteiger partial charge in [-0.2, -0.15) is 0 Å². The zero-order valence-corrected chi connectivity index (χ0v) is 13.7. The van der Waals surface area contributed by atoms with Crippen LogP contribution < -0.4 is 4.90 Å². The van der Waals surface area contributed by atoms with E-state index < -0.39 is 23.8 Å². The van der Waals surface area contributed by atoms with E-state index in [1.54, 1.807) is 6.92 Å². The summed E-state index contributed by atoms with van der Waals surface area (Å²) in [6.07, 6.45) is 0. The highest BCUT2D eigenvalue weighted by atomic mass is 32.1. The number of hydrogen-bond acceptors (Lipinski definition) is 6. The van der Waals surface area contributed by atoms with Crippen LogP contribution in [0.25, 0.3) is 0 Å². The number of anilines is 1. The number of thiophene rings is 1. The molecule has 0 aliphatic carbocycles. The fraction of sp³-hybridized carbons (Fsp3) is 0.500. The molecular weight excluding hydrogens is 310 g/mol. The van der Waals surface area contributed by atoms with E-state index in [0.29, 0.717) is 16.1 Å². The third-order valence-corrected chi connectivity index (χ3v) is 4.55. The lowest BCUT2D eigenvalue weighted by Gasteiger charge is -2.24. The Labute approximate surface area is 132 Å². The highest BCUT2D eigenvalue weighted by Gasteiger charge is 2.27. The maximum absolute atomic E-state index is 12.0. The number of aryl methyl sites for hydroxylation is 1. The van der Waals surface area contributed by atoms with Crippen LogP contribution >= 0.6 is 11.3 Å². The van der Waals surface area contributed by atoms with Crippen LogP contribution in [-0.4, -0.2) is 48.3 Å². The molecule has 1 unspecified atom stereocenters. The van der Waals surface area contributed by atoms with Crippen molar-refractivity contribution in [2.75, 3.05) is 25.1 Å². The van der Waals surface area contributed by atoms with Gasteiger partial charge in [0.15, 0.2) is 0 Å². The third-order valence-electron chi connectivity index (χ3n) is 3.29. The number of hydrogen-bond donors (Lipinski definition) is 2. The zero-order valence-electron chi connectivity index (χ0n) is 12.9. The molecule has 0 aromatic carbocycles. The third kappa shape index (κ3) is 3.97. The quantitative estimate of drug-likeness (QED) is 0.734. The summed E-state index contributed by atoms with van der Waals surface area (Å²) in [7, 11) is 1.25. The second-order valence-electron chi connectivity index (χ2n) is 4.97. The first-order valence-corrected chi connectivity index (χ1v) is 7.38. The van der Waals surface area contributed by atoms with Gasteiger partial charge in [-0.3, -0.25) is 9.59 Å². The van der Waals surface area contributed by atoms with Crippen molar-refractivity contribution >= 4 is 34.2 Å². The van der Waals surface area contributed by atoms with Gasteiger partial charge >= 0.3 is 17.9 Å². The normalized spacial score (nSPS) is 11.8. The molecule has 0 aliphatic heterocycles. The molecule has 1 rings (SSSR count). The molecule has 0 bridgehead atoms. The van der Waals surface area contributed by atoms with Crippen molar-refractivity contribution in [2.45, 2.75) is 20.8 Å². The Morgan fingerprint density at radius 1 is 1.27 bits per heavy atom. The number of aliphatic carboxylic acids is 2. The van der Waals surface area contributed by atoms with E-state index in [-0.39, 0.29) is 13.1 Å². The summed E-state index contributed by atoms with van der Waals surface area (Å²) in [5.41, 5.74) is 1.01. The molecule has 22 heavy (non-hydrogen) atoms. The summed E-state index contributed by atoms with van der Waals surface area (Å²) < 4.78 is 4.76. The van der Waals surface area contributed by atoms with E-state index in [4.69, 9.17) is 14.9 Å². The van der Waals surface area contributed by atoms with Gasteiger partial charge in [0.1, 0.15) is 11.5 Å². The van der Waals surface area contributed by atoms with Gasteiger partial charge in [0.25, 0.3) is 0 Å². The molecule has 1 aromatic heterocycles. The first-order valence-electron chi connectivity index (χ1n) is 6.56. The van der Waals surface area contributed by atoms with Gasteiger partial charge in [-0.1, -0.05) is 6.92 Å². The maximum atomic E-state index is 12.0. The van der Waals surface area contributed by atoms with E-state index in [2.05, 4.69) is 0 Å². The molecule has 0 spiro atoms. The Hall–Kier alpha value is -2.09. The molecular formula is C14H19NO6S. The number of esters is 1. The van der Waals surface area contributed by atoms with E-state index in [1.807, 2.05) is 6.92 Å². The number of carboxylic acids is 2. The molecule has 8 heteroatoms. The molecule has 122 valence electrons. The zero-order chi connectivity index (χ0) is 17.0. The summed E-state index contributed by atoms with van der Waals surface area (Å²) in [5, 5.41) is 18.5. The molecule has 0 aliphatic rings. The number of nitrogens with zero attached hydrogens (tertiary/aromatic N) is 1. The Bertz CT molecular complexity index is 594. The van der Waals surface area contributed by atoms with Gasteiger partial charge in [-0.25, -0.2) is 4.79 Å². The lowest BCUT2D eigenvalue weighted by molar-refractivity contribution is -0.141. The van der Waals surface area contributed by atoms with Gasteiger partial charge in [-0.05, 0) is 19.4 Å². The molecule has 7 nitrogen and oxygen atoms in total. The monoisotopic (exact) mass is 329 g/mol. The average Bonchev–Trinajstić information content (AvgIpc) is 2.72. The minimum atomic E-state index is -1.10. The number of ether oxygens (including phenoxy) is 1. The van der Waals surface area contributed by atoms with Crippen LogP contribution in [0, 0.1) is 19.8 Å². The number of carbonyl (C=O) groups is 3. The average molecular weight is 329 g/mol. The number of carbonyl (C=O) groups excluding carboxylic acids is 1. The molecule has 0 saturated carbocycles. The highest BCUT2D eigenvalue weighted by molar-refractivity contribution is 7.16. The van der Waals surface area contributed by atoms with Gasteiger partial charge in [0.2, 0.25) is 0 Å². The van der Waals surface area contributed by atoms with Crippen molar-refractivity contribution in [1.82, 2.24) is 0 Å². The summed E-state index contributed by atoms with van der Waals surface area (Å²) >= 11 is 1.26. The van der Waals surface area contributed by atoms with E-state index in [9.17, 15) is 14.4 Å². The van der Waals surface area contributed by atoms with Crippen molar-refractivity contribution in [3.63, 3.8) is 0 Å². The molecule has 1 aromatic rings. The first-order chi connectivity index (χ1) is 10.2. The molecule has 1 heterocycles. The van der Waals surface area contributed by atoms with Crippen LogP contribution in [0.3, 0.4) is 0 Å². The summed E-state index contributed by atoms with van der Waals surface area (Å²) in [6.45, 7) is 4.66. The fourth-order valence-electron chi connectivity index (χ4n) is 1.97. The number of methoxy groups -OCH3 is 1. The van der Waals surface area contributed by atoms with E-state index in [1.165, 1.54) is 30.3 Å². The van der Waals surface area contributed by atoms with Crippen LogP contribution in [-0.2, 0) is 14.3 Å². The Balaban J connectivity index is 3.29. The van der Waals surface area contributed by atoms with Gasteiger partial charge in [-0.15, -0.1) is 11.3 Å². The molecule has 0 fully saturated rings. The van der Waals surface area contributed by atoms with Crippen LogP contribution in [0.4, 0.5) is 5.00 Å². The van der Waals surface area contributed by atoms with Crippen LogP contribution in [0.5, 0.6) is 0 Å². The minimum Gasteiger partial charge on any atom is -0.481 e. The van der Waals surface area contributed by atoms with Crippen molar-refractivity contribution in [3.8, 4) is 0 Å². The Morgan fingerprint density at radius 3 is 2.32 bits per heavy atom. The SMILES string of the molecule is COC(=O)c1c(N(CC(=O)O)CC(C)C(=O)O)sc(C)c1C. The van der Waals surface area contributed by atoms with Crippen molar-refractivity contribution in [1.29, 1.82) is 0 Å². The topological polar surface area (TPSA) is 104 Å². The van der Waals surface area contributed by atoms with E-state index in [0.717, 1.165) is 4.88 Å². The van der Waals surface area contributed by atoms with Crippen molar-refractivity contribution in [2.24, 2.45) is 5.92 Å². The second-order valence-corrected chi connectivity index (χ2v) is 6.17. The van der Waals surface area contributed by atoms with Crippen LogP contribution in [0.2, 0.25) is 0 Å². The van der Waals surface area contributed by atoms with Crippen molar-refractivity contribution < 1.29 is 29.3 Å². The molecule has 0 saturated heterocycles. The Morgan fingerprint density at radius 2 is 1.86 bits per heavy atom. The van der Waals surface area contributed by atoms with Gasteiger partial charge in [0, 0.05) is 11.4 Å². The number of rotatable bonds is 7. The molecule has 2 N–H and O–H groups in total.